The van der Waals surface area contributed by atoms with Gasteiger partial charge in [-0.25, -0.2) is 0 Å². The molecule has 1 N–H and O–H groups in total. The number of nitriles is 1. The third-order valence-corrected chi connectivity index (χ3v) is 6.16. The average Bonchev–Trinajstić information content (AvgIpc) is 2.63. The Morgan fingerprint density at radius 3 is 2.46 bits per heavy atom. The van der Waals surface area contributed by atoms with Crippen LogP contribution in [-0.4, -0.2) is 22.1 Å². The number of benzene rings is 2. The Labute approximate surface area is 155 Å². The highest BCUT2D eigenvalue weighted by Crippen LogP contribution is 2.45. The first kappa shape index (κ1) is 17.3. The molecule has 26 heavy (non-hydrogen) atoms. The fourth-order valence-electron chi connectivity index (χ4n) is 4.95. The minimum atomic E-state index is -0.887. The van der Waals surface area contributed by atoms with Crippen molar-refractivity contribution < 1.29 is 5.11 Å². The highest BCUT2D eigenvalue weighted by Gasteiger charge is 2.46. The summed E-state index contributed by atoms with van der Waals surface area (Å²) in [5.41, 5.74) is 2.96. The molecule has 2 aromatic rings. The van der Waals surface area contributed by atoms with E-state index in [-0.39, 0.29) is 0 Å². The first-order valence-electron chi connectivity index (χ1n) is 9.62. The van der Waals surface area contributed by atoms with Crippen molar-refractivity contribution in [2.45, 2.75) is 63.3 Å². The van der Waals surface area contributed by atoms with Gasteiger partial charge in [-0.15, -0.1) is 0 Å². The van der Waals surface area contributed by atoms with E-state index in [1.54, 1.807) is 0 Å². The van der Waals surface area contributed by atoms with E-state index >= 15 is 0 Å². The van der Waals surface area contributed by atoms with E-state index in [0.717, 1.165) is 30.5 Å². The van der Waals surface area contributed by atoms with Crippen molar-refractivity contribution in [1.82, 2.24) is 4.90 Å². The number of hydrogen-bond donors (Lipinski definition) is 1. The van der Waals surface area contributed by atoms with Crippen molar-refractivity contribution in [3.05, 3.63) is 70.8 Å². The van der Waals surface area contributed by atoms with Crippen molar-refractivity contribution in [1.29, 1.82) is 5.26 Å². The van der Waals surface area contributed by atoms with Gasteiger partial charge in [-0.1, -0.05) is 48.9 Å². The number of nitrogens with zero attached hydrogens (tertiary/aromatic N) is 2. The lowest BCUT2D eigenvalue weighted by Gasteiger charge is -2.52. The van der Waals surface area contributed by atoms with Crippen LogP contribution in [0.15, 0.2) is 48.5 Å². The van der Waals surface area contributed by atoms with Gasteiger partial charge < -0.3 is 5.11 Å². The van der Waals surface area contributed by atoms with Crippen molar-refractivity contribution in [2.24, 2.45) is 0 Å². The normalized spacial score (nSPS) is 28.5. The summed E-state index contributed by atoms with van der Waals surface area (Å²) in [5.74, 6) is 0. The van der Waals surface area contributed by atoms with Gasteiger partial charge in [0.25, 0.3) is 0 Å². The van der Waals surface area contributed by atoms with Crippen LogP contribution < -0.4 is 0 Å². The number of piperidine rings is 2. The van der Waals surface area contributed by atoms with E-state index in [0.29, 0.717) is 30.5 Å². The Balaban J connectivity index is 1.62. The van der Waals surface area contributed by atoms with Crippen LogP contribution >= 0.6 is 0 Å². The smallest absolute Gasteiger partial charge is 0.0995 e. The summed E-state index contributed by atoms with van der Waals surface area (Å²) in [7, 11) is 0. The second kappa shape index (κ2) is 6.87. The molecule has 2 heterocycles. The number of aliphatic hydroxyl groups is 1. The second-order valence-electron chi connectivity index (χ2n) is 8.00. The number of rotatable bonds is 3. The summed E-state index contributed by atoms with van der Waals surface area (Å²) in [6.45, 7) is 2.94. The van der Waals surface area contributed by atoms with E-state index in [1.165, 1.54) is 12.0 Å². The summed E-state index contributed by atoms with van der Waals surface area (Å²) >= 11 is 0. The Kier molecular flexibility index (Phi) is 4.56. The molecule has 134 valence electrons. The van der Waals surface area contributed by atoms with Crippen LogP contribution in [0.4, 0.5) is 0 Å². The van der Waals surface area contributed by atoms with Gasteiger partial charge in [0.05, 0.1) is 17.2 Å². The summed E-state index contributed by atoms with van der Waals surface area (Å²) in [6, 6.07) is 19.6. The standard InChI is InChI=1S/C23H26N2O/c1-17-10-11-22(19(12-17)15-24)23(26)13-20-8-5-9-21(14-23)25(20)16-18-6-3-2-4-7-18/h2-4,6-7,10-12,20-21,26H,5,8-9,13-14,16H2,1H3. The Bertz CT molecular complexity index is 810. The first-order valence-corrected chi connectivity index (χ1v) is 9.62. The van der Waals surface area contributed by atoms with Gasteiger partial charge in [-0.3, -0.25) is 4.90 Å². The molecule has 2 aromatic carbocycles. The predicted molar refractivity (Wildman–Crippen MR) is 102 cm³/mol. The Morgan fingerprint density at radius 2 is 1.81 bits per heavy atom. The third-order valence-electron chi connectivity index (χ3n) is 6.16. The Morgan fingerprint density at radius 1 is 1.12 bits per heavy atom. The zero-order chi connectivity index (χ0) is 18.1. The minimum absolute atomic E-state index is 0.376. The molecule has 0 aliphatic carbocycles. The molecule has 0 saturated carbocycles. The predicted octanol–water partition coefficient (Wildman–Crippen LogP) is 4.27. The average molecular weight is 346 g/mol. The van der Waals surface area contributed by atoms with Crippen LogP contribution in [-0.2, 0) is 12.1 Å². The zero-order valence-corrected chi connectivity index (χ0v) is 15.4. The van der Waals surface area contributed by atoms with Gasteiger partial charge in [-0.05, 0) is 49.8 Å². The number of fused-ring (bicyclic) bond motifs is 2. The molecule has 3 nitrogen and oxygen atoms in total. The van der Waals surface area contributed by atoms with E-state index < -0.39 is 5.60 Å². The molecule has 2 saturated heterocycles. The maximum atomic E-state index is 11.6. The maximum Gasteiger partial charge on any atom is 0.0995 e. The van der Waals surface area contributed by atoms with Crippen LogP contribution in [0.25, 0.3) is 0 Å². The fourth-order valence-corrected chi connectivity index (χ4v) is 4.95. The summed E-state index contributed by atoms with van der Waals surface area (Å²) < 4.78 is 0. The highest BCUT2D eigenvalue weighted by molar-refractivity contribution is 5.44. The summed E-state index contributed by atoms with van der Waals surface area (Å²) in [6.07, 6.45) is 4.91. The van der Waals surface area contributed by atoms with Gasteiger partial charge in [-0.2, -0.15) is 5.26 Å². The molecule has 3 heteroatoms. The largest absolute Gasteiger partial charge is 0.385 e. The van der Waals surface area contributed by atoms with Crippen LogP contribution in [0, 0.1) is 18.3 Å². The zero-order valence-electron chi connectivity index (χ0n) is 15.4. The second-order valence-corrected chi connectivity index (χ2v) is 8.00. The highest BCUT2D eigenvalue weighted by atomic mass is 16.3. The molecule has 4 rings (SSSR count). The van der Waals surface area contributed by atoms with E-state index in [9.17, 15) is 10.4 Å². The summed E-state index contributed by atoms with van der Waals surface area (Å²) in [5, 5.41) is 21.1. The lowest BCUT2D eigenvalue weighted by Crippen LogP contribution is -2.56. The van der Waals surface area contributed by atoms with Gasteiger partial charge in [0.15, 0.2) is 0 Å². The lowest BCUT2D eigenvalue weighted by molar-refractivity contribution is -0.100. The fraction of sp³-hybridized carbons (Fsp3) is 0.435. The molecule has 2 atom stereocenters. The van der Waals surface area contributed by atoms with Crippen LogP contribution in [0.1, 0.15) is 54.4 Å². The van der Waals surface area contributed by atoms with Gasteiger partial charge >= 0.3 is 0 Å². The van der Waals surface area contributed by atoms with Crippen LogP contribution in [0.5, 0.6) is 0 Å². The third kappa shape index (κ3) is 3.16. The van der Waals surface area contributed by atoms with Gasteiger partial charge in [0, 0.05) is 24.2 Å². The van der Waals surface area contributed by atoms with Gasteiger partial charge in [0.2, 0.25) is 0 Å². The molecule has 2 aliphatic heterocycles. The topological polar surface area (TPSA) is 47.3 Å². The molecule has 0 amide bonds. The molecule has 2 unspecified atom stereocenters. The van der Waals surface area contributed by atoms with Crippen molar-refractivity contribution in [3.63, 3.8) is 0 Å². The SMILES string of the molecule is Cc1ccc(C2(O)CC3CCCC(C2)N3Cc2ccccc2)c(C#N)c1. The molecule has 2 fully saturated rings. The summed E-state index contributed by atoms with van der Waals surface area (Å²) in [4.78, 5) is 2.59. The van der Waals surface area contributed by atoms with E-state index in [2.05, 4.69) is 41.3 Å². The maximum absolute atomic E-state index is 11.6. The molecular formula is C23H26N2O. The molecule has 0 spiro atoms. The van der Waals surface area contributed by atoms with Crippen molar-refractivity contribution in [3.8, 4) is 6.07 Å². The van der Waals surface area contributed by atoms with Crippen molar-refractivity contribution >= 4 is 0 Å². The quantitative estimate of drug-likeness (QED) is 0.903. The molecular weight excluding hydrogens is 320 g/mol. The van der Waals surface area contributed by atoms with Crippen LogP contribution in [0.3, 0.4) is 0 Å². The minimum Gasteiger partial charge on any atom is -0.385 e. The molecule has 0 radical (unpaired) electrons. The molecule has 2 aliphatic rings. The van der Waals surface area contributed by atoms with Gasteiger partial charge in [0.1, 0.15) is 0 Å². The van der Waals surface area contributed by atoms with E-state index in [1.807, 2.05) is 25.1 Å². The number of hydrogen-bond acceptors (Lipinski definition) is 3. The van der Waals surface area contributed by atoms with E-state index in [4.69, 9.17) is 0 Å². The number of aryl methyl sites for hydroxylation is 1. The van der Waals surface area contributed by atoms with Crippen LogP contribution in [0.2, 0.25) is 0 Å². The first-order chi connectivity index (χ1) is 12.6. The molecule has 0 aromatic heterocycles. The van der Waals surface area contributed by atoms with Crippen molar-refractivity contribution in [2.75, 3.05) is 0 Å². The monoisotopic (exact) mass is 346 g/mol. The lowest BCUT2D eigenvalue weighted by atomic mass is 9.71. The molecule has 2 bridgehead atoms. The Hall–Kier alpha value is -2.15.